The summed E-state index contributed by atoms with van der Waals surface area (Å²) < 4.78 is 0. The van der Waals surface area contributed by atoms with Crippen molar-refractivity contribution >= 4 is 5.97 Å². The zero-order valence-corrected chi connectivity index (χ0v) is 37.1. The Balaban J connectivity index is -0.000000385. The van der Waals surface area contributed by atoms with E-state index in [0.717, 1.165) is 41.9 Å². The fourth-order valence-electron chi connectivity index (χ4n) is 9.85. The number of hydrogen-bond acceptors (Lipinski definition) is 1. The third-order valence-electron chi connectivity index (χ3n) is 12.2. The summed E-state index contributed by atoms with van der Waals surface area (Å²) in [4.78, 5) is 11.1. The first-order valence-corrected chi connectivity index (χ1v) is 22.3. The molecule has 9 atom stereocenters. The summed E-state index contributed by atoms with van der Waals surface area (Å²) in [7, 11) is 0. The van der Waals surface area contributed by atoms with Gasteiger partial charge in [-0.25, -0.2) is 0 Å². The number of unbranched alkanes of at least 4 members (excludes halogenated alkanes) is 5. The van der Waals surface area contributed by atoms with E-state index in [-0.39, 0.29) is 0 Å². The molecular weight excluding hydrogens is 585 g/mol. The van der Waals surface area contributed by atoms with Crippen LogP contribution in [0.5, 0.6) is 0 Å². The van der Waals surface area contributed by atoms with Gasteiger partial charge >= 0.3 is 5.97 Å². The van der Waals surface area contributed by atoms with Crippen LogP contribution < -0.4 is 0 Å². The molecule has 0 aromatic rings. The van der Waals surface area contributed by atoms with Gasteiger partial charge in [-0.3, -0.25) is 4.79 Å². The predicted molar refractivity (Wildman–Crippen MR) is 222 cm³/mol. The topological polar surface area (TPSA) is 37.3 Å². The SMILES string of the molecule is CC.CC.CC.CC.CC.CC1CCC2(C)C(CCC3C2CCC2(C)C(C(C)CCC(=O)O)CCC32)C1.CCCCC.CCCCCC. The van der Waals surface area contributed by atoms with Crippen LogP contribution >= 0.6 is 0 Å². The molecule has 4 rings (SSSR count). The van der Waals surface area contributed by atoms with Crippen LogP contribution in [0.25, 0.3) is 0 Å². The second-order valence-corrected chi connectivity index (χ2v) is 14.7. The van der Waals surface area contributed by atoms with Crippen molar-refractivity contribution in [3.05, 3.63) is 0 Å². The van der Waals surface area contributed by atoms with Crippen molar-refractivity contribution in [2.75, 3.05) is 0 Å². The minimum Gasteiger partial charge on any atom is -0.481 e. The Morgan fingerprint density at radius 1 is 0.646 bits per heavy atom. The van der Waals surface area contributed by atoms with E-state index in [4.69, 9.17) is 5.11 Å². The van der Waals surface area contributed by atoms with Gasteiger partial charge in [0.05, 0.1) is 0 Å². The number of carbonyl (C=O) groups is 1. The lowest BCUT2D eigenvalue weighted by Gasteiger charge is -2.61. The van der Waals surface area contributed by atoms with Gasteiger partial charge in [0.25, 0.3) is 0 Å². The van der Waals surface area contributed by atoms with Gasteiger partial charge in [-0.15, -0.1) is 0 Å². The number of carboxylic acid groups (broad SMARTS) is 1. The van der Waals surface area contributed by atoms with Crippen LogP contribution in [0, 0.1) is 52.3 Å². The van der Waals surface area contributed by atoms with E-state index < -0.39 is 5.97 Å². The quantitative estimate of drug-likeness (QED) is 0.246. The van der Waals surface area contributed by atoms with Crippen molar-refractivity contribution in [2.45, 2.75) is 240 Å². The summed E-state index contributed by atoms with van der Waals surface area (Å²) in [5.74, 6) is 5.45. The molecule has 0 aromatic heterocycles. The van der Waals surface area contributed by atoms with E-state index in [0.29, 0.717) is 23.2 Å². The molecule has 0 bridgehead atoms. The van der Waals surface area contributed by atoms with Crippen LogP contribution in [0.4, 0.5) is 0 Å². The van der Waals surface area contributed by atoms with Gasteiger partial charge in [-0.2, -0.15) is 0 Å². The molecular formula is C46H98O2. The smallest absolute Gasteiger partial charge is 0.303 e. The van der Waals surface area contributed by atoms with Crippen molar-refractivity contribution in [2.24, 2.45) is 52.3 Å². The molecule has 0 heterocycles. The predicted octanol–water partition coefficient (Wildman–Crippen LogP) is 16.7. The second-order valence-electron chi connectivity index (χ2n) is 14.7. The Hall–Kier alpha value is -0.530. The molecule has 0 spiro atoms. The standard InChI is InChI=1S/C25H42O2.C6H14.C5H12.5C2H6/c1-16-11-13-24(3)18(15-16)6-7-19-21-9-8-20(17(2)5-10-23(26)27)25(21,4)14-12-22(19)24;1-3-5-6-4-2;1-3-5-4-2;5*1-2/h16-22H,5-15H2,1-4H3,(H,26,27);3-6H2,1-2H3;3-5H2,1-2H3;5*1-2H3. The fraction of sp³-hybridized carbons (Fsp3) is 0.978. The average Bonchev–Trinajstić information content (AvgIpc) is 3.49. The zero-order valence-electron chi connectivity index (χ0n) is 37.1. The van der Waals surface area contributed by atoms with Crippen LogP contribution in [0.15, 0.2) is 0 Å². The first-order chi connectivity index (χ1) is 23.1. The summed E-state index contributed by atoms with van der Waals surface area (Å²) in [6, 6.07) is 0. The summed E-state index contributed by atoms with van der Waals surface area (Å²) in [5.41, 5.74) is 1.09. The lowest BCUT2D eigenvalue weighted by Crippen LogP contribution is -2.53. The average molecular weight is 683 g/mol. The van der Waals surface area contributed by atoms with E-state index >= 15 is 0 Å². The third kappa shape index (κ3) is 17.6. The van der Waals surface area contributed by atoms with Crippen LogP contribution in [0.3, 0.4) is 0 Å². The molecule has 0 saturated heterocycles. The normalized spacial score (nSPS) is 31.0. The summed E-state index contributed by atoms with van der Waals surface area (Å²) in [5, 5.41) is 9.11. The largest absolute Gasteiger partial charge is 0.481 e. The van der Waals surface area contributed by atoms with E-state index in [1.54, 1.807) is 0 Å². The molecule has 2 nitrogen and oxygen atoms in total. The second kappa shape index (κ2) is 33.6. The van der Waals surface area contributed by atoms with Crippen molar-refractivity contribution in [3.63, 3.8) is 0 Å². The highest BCUT2D eigenvalue weighted by molar-refractivity contribution is 5.66. The molecule has 0 aromatic carbocycles. The molecule has 0 aliphatic heterocycles. The molecule has 4 saturated carbocycles. The molecule has 2 heteroatoms. The maximum absolute atomic E-state index is 11.1. The first kappa shape index (κ1) is 54.2. The highest BCUT2D eigenvalue weighted by atomic mass is 16.4. The number of carboxylic acids is 1. The Labute approximate surface area is 307 Å². The Bertz CT molecular complexity index is 667. The van der Waals surface area contributed by atoms with E-state index in [9.17, 15) is 4.79 Å². The van der Waals surface area contributed by atoms with Crippen molar-refractivity contribution in [1.29, 1.82) is 0 Å². The molecule has 0 radical (unpaired) electrons. The van der Waals surface area contributed by atoms with E-state index in [1.165, 1.54) is 103 Å². The highest BCUT2D eigenvalue weighted by Gasteiger charge is 2.60. The van der Waals surface area contributed by atoms with Crippen LogP contribution in [-0.4, -0.2) is 11.1 Å². The van der Waals surface area contributed by atoms with Crippen LogP contribution in [0.2, 0.25) is 0 Å². The number of aliphatic carboxylic acids is 1. The van der Waals surface area contributed by atoms with Crippen LogP contribution in [0.1, 0.15) is 240 Å². The van der Waals surface area contributed by atoms with Gasteiger partial charge in [-0.1, -0.05) is 176 Å². The number of hydrogen-bond donors (Lipinski definition) is 1. The maximum Gasteiger partial charge on any atom is 0.303 e. The molecule has 48 heavy (non-hydrogen) atoms. The van der Waals surface area contributed by atoms with Gasteiger partial charge in [0, 0.05) is 6.42 Å². The van der Waals surface area contributed by atoms with Crippen molar-refractivity contribution in [3.8, 4) is 0 Å². The molecule has 294 valence electrons. The zero-order chi connectivity index (χ0) is 38.3. The molecule has 0 amide bonds. The van der Waals surface area contributed by atoms with Gasteiger partial charge < -0.3 is 5.11 Å². The van der Waals surface area contributed by atoms with Crippen LogP contribution in [-0.2, 0) is 4.79 Å². The minimum atomic E-state index is -0.622. The highest BCUT2D eigenvalue weighted by Crippen LogP contribution is 2.68. The summed E-state index contributed by atoms with van der Waals surface area (Å²) in [6.07, 6.45) is 23.8. The maximum atomic E-state index is 11.1. The molecule has 9 unspecified atom stereocenters. The fourth-order valence-corrected chi connectivity index (χ4v) is 9.85. The Morgan fingerprint density at radius 3 is 1.54 bits per heavy atom. The van der Waals surface area contributed by atoms with Crippen molar-refractivity contribution in [1.82, 2.24) is 0 Å². The monoisotopic (exact) mass is 683 g/mol. The summed E-state index contributed by atoms with van der Waals surface area (Å²) in [6.45, 7) is 39.0. The first-order valence-electron chi connectivity index (χ1n) is 22.3. The third-order valence-corrected chi connectivity index (χ3v) is 12.2. The van der Waals surface area contributed by atoms with Gasteiger partial charge in [0.2, 0.25) is 0 Å². The van der Waals surface area contributed by atoms with Crippen molar-refractivity contribution < 1.29 is 9.90 Å². The Morgan fingerprint density at radius 2 is 1.10 bits per heavy atom. The van der Waals surface area contributed by atoms with E-state index in [2.05, 4.69) is 55.4 Å². The molecule has 1 N–H and O–H groups in total. The van der Waals surface area contributed by atoms with Gasteiger partial charge in [-0.05, 0) is 110 Å². The minimum absolute atomic E-state index is 0.350. The van der Waals surface area contributed by atoms with E-state index in [1.807, 2.05) is 69.2 Å². The number of rotatable bonds is 9. The summed E-state index contributed by atoms with van der Waals surface area (Å²) >= 11 is 0. The Kier molecular flexibility index (Phi) is 38.0. The lowest BCUT2D eigenvalue weighted by atomic mass is 9.44. The number of fused-ring (bicyclic) bond motifs is 5. The molecule has 4 aliphatic rings. The molecule has 4 aliphatic carbocycles. The molecule has 4 fully saturated rings. The lowest BCUT2D eigenvalue weighted by molar-refractivity contribution is -0.137. The van der Waals surface area contributed by atoms with Gasteiger partial charge in [0.15, 0.2) is 0 Å². The van der Waals surface area contributed by atoms with Gasteiger partial charge in [0.1, 0.15) is 0 Å².